The molecule has 3 nitrogen and oxygen atoms in total. The second-order valence-electron chi connectivity index (χ2n) is 11.0. The molecule has 0 bridgehead atoms. The lowest BCUT2D eigenvalue weighted by atomic mass is 9.67. The Balaban J connectivity index is 1.50. The van der Waals surface area contributed by atoms with Crippen molar-refractivity contribution in [2.75, 3.05) is 12.8 Å². The zero-order valence-electron chi connectivity index (χ0n) is 22.1. The fraction of sp³-hybridized carbons (Fsp3) is 0.667. The fourth-order valence-corrected chi connectivity index (χ4v) is 8.15. The van der Waals surface area contributed by atoms with E-state index in [9.17, 15) is 9.59 Å². The third kappa shape index (κ3) is 7.41. The molecule has 1 N–H and O–H groups in total. The van der Waals surface area contributed by atoms with Gasteiger partial charge in [-0.05, 0) is 67.4 Å². The summed E-state index contributed by atoms with van der Waals surface area (Å²) in [6, 6.07) is 6.85. The summed E-state index contributed by atoms with van der Waals surface area (Å²) in [7, 11) is 1.60. The van der Waals surface area contributed by atoms with Gasteiger partial charge in [-0.3, -0.25) is 9.59 Å². The topological polar surface area (TPSA) is 46.2 Å². The van der Waals surface area contributed by atoms with Crippen molar-refractivity contribution in [2.45, 2.75) is 82.6 Å². The predicted molar refractivity (Wildman–Crippen MR) is 154 cm³/mol. The minimum absolute atomic E-state index is 0.0158. The molecule has 2 fully saturated rings. The number of carbonyl (C=O) groups excluding carboxylic acids is 2. The number of thiol groups is 1. The maximum Gasteiger partial charge on any atom is 0.251 e. The van der Waals surface area contributed by atoms with E-state index < -0.39 is 0 Å². The van der Waals surface area contributed by atoms with E-state index in [1.807, 2.05) is 11.8 Å². The zero-order valence-corrected chi connectivity index (χ0v) is 23.8. The maximum atomic E-state index is 12.9. The van der Waals surface area contributed by atoms with Crippen LogP contribution < -0.4 is 5.32 Å². The van der Waals surface area contributed by atoms with E-state index in [1.165, 1.54) is 51.4 Å². The third-order valence-electron chi connectivity index (χ3n) is 8.98. The molecule has 0 saturated heterocycles. The van der Waals surface area contributed by atoms with E-state index in [4.69, 9.17) is 12.6 Å². The van der Waals surface area contributed by atoms with Crippen molar-refractivity contribution in [1.82, 2.24) is 5.32 Å². The molecule has 2 aliphatic carbocycles. The van der Waals surface area contributed by atoms with Gasteiger partial charge in [0.25, 0.3) is 5.91 Å². The molecule has 1 aromatic rings. The molecule has 0 heterocycles. The Morgan fingerprint density at radius 2 is 1.66 bits per heavy atom. The van der Waals surface area contributed by atoms with Gasteiger partial charge < -0.3 is 5.32 Å². The fourth-order valence-electron chi connectivity index (χ4n) is 6.27. The summed E-state index contributed by atoms with van der Waals surface area (Å²) in [6.45, 7) is 11.5. The van der Waals surface area contributed by atoms with Crippen molar-refractivity contribution < 1.29 is 9.59 Å². The third-order valence-corrected chi connectivity index (χ3v) is 11.0. The molecule has 0 spiro atoms. The molecule has 35 heavy (non-hydrogen) atoms. The number of ketones is 1. The van der Waals surface area contributed by atoms with Gasteiger partial charge in [-0.1, -0.05) is 65.2 Å². The lowest BCUT2D eigenvalue weighted by molar-refractivity contribution is 0.0961. The number of carbonyl (C=O) groups is 2. The first-order valence-electron chi connectivity index (χ1n) is 13.6. The first-order valence-corrected chi connectivity index (χ1v) is 15.1. The van der Waals surface area contributed by atoms with Crippen LogP contribution in [-0.2, 0) is 0 Å². The quantitative estimate of drug-likeness (QED) is 0.193. The second kappa shape index (κ2) is 13.4. The number of hydrogen-bond acceptors (Lipinski definition) is 4. The number of Topliss-reactive ketones (excluding diaryl/α,β-unsaturated/α-hetero) is 1. The number of amides is 1. The van der Waals surface area contributed by atoms with Crippen molar-refractivity contribution in [3.05, 3.63) is 47.5 Å². The highest BCUT2D eigenvalue weighted by atomic mass is 32.2. The monoisotopic (exact) mass is 515 g/mol. The number of nitrogens with one attached hydrogen (secondary N) is 1. The average molecular weight is 516 g/mol. The highest BCUT2D eigenvalue weighted by Crippen LogP contribution is 2.44. The second-order valence-corrected chi connectivity index (χ2v) is 13.0. The van der Waals surface area contributed by atoms with Crippen LogP contribution in [0.3, 0.4) is 0 Å². The summed E-state index contributed by atoms with van der Waals surface area (Å²) in [5.41, 5.74) is 1.81. The van der Waals surface area contributed by atoms with Crippen LogP contribution >= 0.6 is 24.4 Å². The lowest BCUT2D eigenvalue weighted by Crippen LogP contribution is -2.35. The van der Waals surface area contributed by atoms with Crippen molar-refractivity contribution in [3.63, 3.8) is 0 Å². The minimum atomic E-state index is -0.146. The highest BCUT2D eigenvalue weighted by molar-refractivity contribution is 8.00. The molecule has 3 unspecified atom stereocenters. The molecule has 7 atom stereocenters. The number of thioether (sulfide) groups is 1. The summed E-state index contributed by atoms with van der Waals surface area (Å²) in [5.74, 6) is 4.21. The van der Waals surface area contributed by atoms with Crippen molar-refractivity contribution in [2.24, 2.45) is 29.6 Å². The van der Waals surface area contributed by atoms with Gasteiger partial charge in [0.15, 0.2) is 5.78 Å². The number of hydrogen-bond donors (Lipinski definition) is 2. The van der Waals surface area contributed by atoms with E-state index in [0.717, 1.165) is 29.6 Å². The first kappa shape index (κ1) is 28.4. The van der Waals surface area contributed by atoms with Crippen LogP contribution in [0.25, 0.3) is 0 Å². The Morgan fingerprint density at radius 1 is 1.00 bits per heavy atom. The van der Waals surface area contributed by atoms with Gasteiger partial charge in [-0.15, -0.1) is 0 Å². The van der Waals surface area contributed by atoms with E-state index in [-0.39, 0.29) is 11.7 Å². The largest absolute Gasteiger partial charge is 0.355 e. The summed E-state index contributed by atoms with van der Waals surface area (Å²) in [4.78, 5) is 24.6. The molecule has 1 amide bonds. The van der Waals surface area contributed by atoms with Crippen LogP contribution in [0.5, 0.6) is 0 Å². The molecular weight excluding hydrogens is 470 g/mol. The van der Waals surface area contributed by atoms with E-state index in [2.05, 4.69) is 32.7 Å². The summed E-state index contributed by atoms with van der Waals surface area (Å²) in [5, 5.41) is 3.78. The van der Waals surface area contributed by atoms with E-state index >= 15 is 0 Å². The zero-order chi connectivity index (χ0) is 25.5. The van der Waals surface area contributed by atoms with Gasteiger partial charge in [-0.25, -0.2) is 0 Å². The average Bonchev–Trinajstić information content (AvgIpc) is 2.90. The molecule has 5 heteroatoms. The molecular formula is C30H45NO2S2. The number of benzene rings is 1. The molecule has 1 aromatic carbocycles. The van der Waals surface area contributed by atoms with Gasteiger partial charge >= 0.3 is 0 Å². The van der Waals surface area contributed by atoms with Crippen LogP contribution in [0.2, 0.25) is 0 Å². The minimum Gasteiger partial charge on any atom is -0.355 e. The normalized spacial score (nSPS) is 27.5. The molecule has 2 saturated carbocycles. The lowest BCUT2D eigenvalue weighted by Gasteiger charge is -2.42. The Morgan fingerprint density at radius 3 is 2.31 bits per heavy atom. The Bertz CT molecular complexity index is 868. The van der Waals surface area contributed by atoms with Crippen LogP contribution in [0.1, 0.15) is 92.9 Å². The van der Waals surface area contributed by atoms with E-state index in [0.29, 0.717) is 33.0 Å². The van der Waals surface area contributed by atoms with Gasteiger partial charge in [0.05, 0.1) is 0 Å². The SMILES string of the molecule is C=C(CS[C@@H]1CCCC([C@H](C)[C@H](C)[C@H](C)C2CCCCC2S)C1)C(=O)c1ccc(C(=O)NC)cc1. The van der Waals surface area contributed by atoms with Gasteiger partial charge in [0.2, 0.25) is 0 Å². The maximum absolute atomic E-state index is 12.9. The Labute approximate surface area is 223 Å². The van der Waals surface area contributed by atoms with Crippen molar-refractivity contribution in [1.29, 1.82) is 0 Å². The smallest absolute Gasteiger partial charge is 0.251 e. The summed E-state index contributed by atoms with van der Waals surface area (Å²) < 4.78 is 0. The summed E-state index contributed by atoms with van der Waals surface area (Å²) in [6.07, 6.45) is 10.5. The van der Waals surface area contributed by atoms with Crippen molar-refractivity contribution in [3.8, 4) is 0 Å². The van der Waals surface area contributed by atoms with Gasteiger partial charge in [-0.2, -0.15) is 24.4 Å². The van der Waals surface area contributed by atoms with Crippen molar-refractivity contribution >= 4 is 36.1 Å². The molecule has 194 valence electrons. The molecule has 2 aliphatic rings. The number of rotatable bonds is 10. The summed E-state index contributed by atoms with van der Waals surface area (Å²) >= 11 is 6.86. The van der Waals surface area contributed by atoms with Gasteiger partial charge in [0, 0.05) is 40.0 Å². The molecule has 3 rings (SSSR count). The van der Waals surface area contributed by atoms with Crippen LogP contribution in [-0.4, -0.2) is 35.0 Å². The van der Waals surface area contributed by atoms with Gasteiger partial charge in [0.1, 0.15) is 0 Å². The molecule has 0 radical (unpaired) electrons. The van der Waals surface area contributed by atoms with Crippen LogP contribution in [0, 0.1) is 29.6 Å². The standard InChI is InChI=1S/C30H45NO2S2/c1-19(29(32)23-13-15-24(16-14-23)30(33)31-5)18-35-26-10-8-9-25(17-26)21(3)20(2)22(4)27-11-6-7-12-28(27)34/h13-16,20-22,25-28,34H,1,6-12,17-18H2,2-5H3,(H,31,33)/t20-,21+,22-,25?,26+,27?,28?/m0/s1. The van der Waals surface area contributed by atoms with Crippen LogP contribution in [0.4, 0.5) is 0 Å². The van der Waals surface area contributed by atoms with E-state index in [1.54, 1.807) is 31.3 Å². The first-order chi connectivity index (χ1) is 16.7. The Kier molecular flexibility index (Phi) is 10.8. The van der Waals surface area contributed by atoms with Crippen LogP contribution in [0.15, 0.2) is 36.4 Å². The Hall–Kier alpha value is -1.20. The highest BCUT2D eigenvalue weighted by Gasteiger charge is 2.36. The predicted octanol–water partition coefficient (Wildman–Crippen LogP) is 7.47. The molecule has 0 aliphatic heterocycles. The molecule has 0 aromatic heterocycles.